The van der Waals surface area contributed by atoms with Crippen LogP contribution in [0.15, 0.2) is 30.5 Å². The molecule has 2 aromatic rings. The van der Waals surface area contributed by atoms with Crippen LogP contribution in [0, 0.1) is 6.92 Å². The molecule has 1 aromatic carbocycles. The van der Waals surface area contributed by atoms with Crippen LogP contribution in [-0.2, 0) is 13.1 Å². The molecule has 4 heteroatoms. The Morgan fingerprint density at radius 3 is 2.65 bits per heavy atom. The normalized spacial score (nSPS) is 10.8. The van der Waals surface area contributed by atoms with Gasteiger partial charge in [0.25, 0.3) is 0 Å². The molecule has 0 fully saturated rings. The van der Waals surface area contributed by atoms with E-state index >= 15 is 0 Å². The van der Waals surface area contributed by atoms with Gasteiger partial charge in [-0.3, -0.25) is 4.68 Å². The monoisotopic (exact) mass is 249 g/mol. The zero-order chi connectivity index (χ0) is 12.3. The first kappa shape index (κ1) is 12.1. The fourth-order valence-corrected chi connectivity index (χ4v) is 1.91. The lowest BCUT2D eigenvalue weighted by Crippen LogP contribution is -2.05. The van der Waals surface area contributed by atoms with E-state index in [1.165, 1.54) is 11.1 Å². The summed E-state index contributed by atoms with van der Waals surface area (Å²) in [5, 5.41) is 8.39. The van der Waals surface area contributed by atoms with Crippen molar-refractivity contribution < 1.29 is 0 Å². The average molecular weight is 250 g/mol. The fourth-order valence-electron chi connectivity index (χ4n) is 1.78. The van der Waals surface area contributed by atoms with Crippen molar-refractivity contribution in [3.8, 4) is 0 Å². The SMILES string of the molecule is CNCc1cn(Cc2ccc(Cl)cc2)nc1C. The Hall–Kier alpha value is -1.32. The Balaban J connectivity index is 2.13. The van der Waals surface area contributed by atoms with Gasteiger partial charge < -0.3 is 5.32 Å². The molecule has 3 nitrogen and oxygen atoms in total. The predicted molar refractivity (Wildman–Crippen MR) is 70.3 cm³/mol. The van der Waals surface area contributed by atoms with E-state index < -0.39 is 0 Å². The van der Waals surface area contributed by atoms with Crippen LogP contribution < -0.4 is 5.32 Å². The molecule has 0 atom stereocenters. The molecule has 0 saturated carbocycles. The number of benzene rings is 1. The third-order valence-corrected chi connectivity index (χ3v) is 2.93. The number of aromatic nitrogens is 2. The van der Waals surface area contributed by atoms with Crippen LogP contribution >= 0.6 is 11.6 Å². The largest absolute Gasteiger partial charge is 0.316 e. The van der Waals surface area contributed by atoms with Gasteiger partial charge in [-0.05, 0) is 31.7 Å². The number of rotatable bonds is 4. The van der Waals surface area contributed by atoms with Crippen molar-refractivity contribution in [2.24, 2.45) is 0 Å². The van der Waals surface area contributed by atoms with E-state index in [4.69, 9.17) is 11.6 Å². The van der Waals surface area contributed by atoms with E-state index in [0.717, 1.165) is 23.8 Å². The van der Waals surface area contributed by atoms with Crippen molar-refractivity contribution in [1.29, 1.82) is 0 Å². The van der Waals surface area contributed by atoms with E-state index in [9.17, 15) is 0 Å². The van der Waals surface area contributed by atoms with Crippen LogP contribution in [0.1, 0.15) is 16.8 Å². The van der Waals surface area contributed by atoms with Crippen LogP contribution in [0.4, 0.5) is 0 Å². The summed E-state index contributed by atoms with van der Waals surface area (Å²) < 4.78 is 1.96. The fraction of sp³-hybridized carbons (Fsp3) is 0.308. The topological polar surface area (TPSA) is 29.9 Å². The summed E-state index contributed by atoms with van der Waals surface area (Å²) in [6, 6.07) is 7.86. The molecule has 1 aromatic heterocycles. The minimum atomic E-state index is 0.765. The molecule has 0 bridgehead atoms. The van der Waals surface area contributed by atoms with Gasteiger partial charge in [0.1, 0.15) is 0 Å². The summed E-state index contributed by atoms with van der Waals surface area (Å²) in [6.07, 6.45) is 2.08. The van der Waals surface area contributed by atoms with Crippen LogP contribution in [0.25, 0.3) is 0 Å². The predicted octanol–water partition coefficient (Wildman–Crippen LogP) is 2.61. The lowest BCUT2D eigenvalue weighted by molar-refractivity contribution is 0.679. The van der Waals surface area contributed by atoms with Crippen LogP contribution in [0.5, 0.6) is 0 Å². The van der Waals surface area contributed by atoms with Gasteiger partial charge in [0.2, 0.25) is 0 Å². The van der Waals surface area contributed by atoms with Crippen molar-refractivity contribution >= 4 is 11.6 Å². The standard InChI is InChI=1S/C13H16ClN3/c1-10-12(7-15-2)9-17(16-10)8-11-3-5-13(14)6-4-11/h3-6,9,15H,7-8H2,1-2H3. The average Bonchev–Trinajstić information content (AvgIpc) is 2.63. The minimum absolute atomic E-state index is 0.765. The third kappa shape index (κ3) is 3.08. The lowest BCUT2D eigenvalue weighted by atomic mass is 10.2. The van der Waals surface area contributed by atoms with Gasteiger partial charge in [-0.15, -0.1) is 0 Å². The van der Waals surface area contributed by atoms with Gasteiger partial charge in [-0.1, -0.05) is 23.7 Å². The molecule has 0 amide bonds. The van der Waals surface area contributed by atoms with E-state index in [1.54, 1.807) is 0 Å². The van der Waals surface area contributed by atoms with Gasteiger partial charge in [0, 0.05) is 23.3 Å². The summed E-state index contributed by atoms with van der Waals surface area (Å²) in [4.78, 5) is 0. The zero-order valence-electron chi connectivity index (χ0n) is 10.1. The number of nitrogens with one attached hydrogen (secondary N) is 1. The molecule has 1 heterocycles. The quantitative estimate of drug-likeness (QED) is 0.903. The van der Waals surface area contributed by atoms with Gasteiger partial charge in [0.15, 0.2) is 0 Å². The number of hydrogen-bond donors (Lipinski definition) is 1. The molecule has 0 saturated heterocycles. The first-order chi connectivity index (χ1) is 8.19. The third-order valence-electron chi connectivity index (χ3n) is 2.67. The first-order valence-electron chi connectivity index (χ1n) is 5.61. The maximum absolute atomic E-state index is 5.85. The highest BCUT2D eigenvalue weighted by Crippen LogP contribution is 2.12. The van der Waals surface area contributed by atoms with Crippen molar-refractivity contribution in [1.82, 2.24) is 15.1 Å². The van der Waals surface area contributed by atoms with Gasteiger partial charge in [0.05, 0.1) is 12.2 Å². The molecular weight excluding hydrogens is 234 g/mol. The lowest BCUT2D eigenvalue weighted by Gasteiger charge is -2.01. The second-order valence-electron chi connectivity index (χ2n) is 4.09. The van der Waals surface area contributed by atoms with Crippen LogP contribution in [0.2, 0.25) is 5.02 Å². The number of nitrogens with zero attached hydrogens (tertiary/aromatic N) is 2. The zero-order valence-corrected chi connectivity index (χ0v) is 10.8. The minimum Gasteiger partial charge on any atom is -0.316 e. The molecule has 0 aliphatic carbocycles. The summed E-state index contributed by atoms with van der Waals surface area (Å²) in [5.41, 5.74) is 3.52. The second kappa shape index (κ2) is 5.34. The highest BCUT2D eigenvalue weighted by Gasteiger charge is 2.04. The molecule has 0 spiro atoms. The Bertz CT molecular complexity index is 488. The Morgan fingerprint density at radius 2 is 2.00 bits per heavy atom. The van der Waals surface area contributed by atoms with Crippen LogP contribution in [-0.4, -0.2) is 16.8 Å². The van der Waals surface area contributed by atoms with Gasteiger partial charge >= 0.3 is 0 Å². The molecular formula is C13H16ClN3. The molecule has 0 radical (unpaired) electrons. The second-order valence-corrected chi connectivity index (χ2v) is 4.53. The summed E-state index contributed by atoms with van der Waals surface area (Å²) >= 11 is 5.85. The highest BCUT2D eigenvalue weighted by atomic mass is 35.5. The molecule has 0 unspecified atom stereocenters. The van der Waals surface area contributed by atoms with Crippen molar-refractivity contribution in [3.05, 3.63) is 52.3 Å². The van der Waals surface area contributed by atoms with E-state index in [2.05, 4.69) is 16.6 Å². The number of halogens is 1. The smallest absolute Gasteiger partial charge is 0.0659 e. The molecule has 1 N–H and O–H groups in total. The molecule has 17 heavy (non-hydrogen) atoms. The van der Waals surface area contributed by atoms with E-state index in [0.29, 0.717) is 0 Å². The number of hydrogen-bond acceptors (Lipinski definition) is 2. The Morgan fingerprint density at radius 1 is 1.29 bits per heavy atom. The number of aryl methyl sites for hydroxylation is 1. The Labute approximate surface area is 106 Å². The van der Waals surface area contributed by atoms with Crippen molar-refractivity contribution in [3.63, 3.8) is 0 Å². The summed E-state index contributed by atoms with van der Waals surface area (Å²) in [6.45, 7) is 3.67. The highest BCUT2D eigenvalue weighted by molar-refractivity contribution is 6.30. The van der Waals surface area contributed by atoms with Crippen molar-refractivity contribution in [2.75, 3.05) is 7.05 Å². The summed E-state index contributed by atoms with van der Waals surface area (Å²) in [5.74, 6) is 0. The molecule has 2 rings (SSSR count). The molecule has 0 aliphatic rings. The molecule has 90 valence electrons. The van der Waals surface area contributed by atoms with Gasteiger partial charge in [-0.25, -0.2) is 0 Å². The maximum atomic E-state index is 5.85. The molecule has 0 aliphatic heterocycles. The van der Waals surface area contributed by atoms with E-state index in [1.807, 2.05) is 42.9 Å². The van der Waals surface area contributed by atoms with E-state index in [-0.39, 0.29) is 0 Å². The maximum Gasteiger partial charge on any atom is 0.0659 e. The Kier molecular flexibility index (Phi) is 3.82. The summed E-state index contributed by atoms with van der Waals surface area (Å²) in [7, 11) is 1.94. The van der Waals surface area contributed by atoms with Crippen molar-refractivity contribution in [2.45, 2.75) is 20.0 Å². The first-order valence-corrected chi connectivity index (χ1v) is 5.99. The van der Waals surface area contributed by atoms with Gasteiger partial charge in [-0.2, -0.15) is 5.10 Å². The van der Waals surface area contributed by atoms with Crippen LogP contribution in [0.3, 0.4) is 0 Å².